The molecule has 0 radical (unpaired) electrons. The van der Waals surface area contributed by atoms with Gasteiger partial charge in [-0.1, -0.05) is 19.3 Å². The average Bonchev–Trinajstić information content (AvgIpc) is 3.03. The van der Waals surface area contributed by atoms with E-state index in [0.717, 1.165) is 45.1 Å². The van der Waals surface area contributed by atoms with Crippen LogP contribution in [0, 0.1) is 5.41 Å². The maximum Gasteiger partial charge on any atom is 0.243 e. The van der Waals surface area contributed by atoms with Gasteiger partial charge in [-0.05, 0) is 37.5 Å². The van der Waals surface area contributed by atoms with Crippen molar-refractivity contribution >= 4 is 11.9 Å². The molecule has 3 rings (SSSR count). The lowest BCUT2D eigenvalue weighted by Gasteiger charge is -2.34. The normalized spacial score (nSPS) is 24.6. The molecule has 0 atom stereocenters. The van der Waals surface area contributed by atoms with Crippen molar-refractivity contribution in [3.63, 3.8) is 0 Å². The van der Waals surface area contributed by atoms with Crippen LogP contribution in [-0.4, -0.2) is 74.7 Å². The highest BCUT2D eigenvalue weighted by Gasteiger charge is 2.40. The van der Waals surface area contributed by atoms with Gasteiger partial charge < -0.3 is 19.9 Å². The van der Waals surface area contributed by atoms with Crippen LogP contribution in [0.1, 0.15) is 51.4 Å². The molecule has 6 nitrogen and oxygen atoms in total. The van der Waals surface area contributed by atoms with Crippen molar-refractivity contribution in [1.29, 1.82) is 0 Å². The molecule has 1 amide bonds. The molecular formula is C19H34N4O2. The summed E-state index contributed by atoms with van der Waals surface area (Å²) >= 11 is 0. The van der Waals surface area contributed by atoms with Gasteiger partial charge in [0.25, 0.3) is 0 Å². The number of ether oxygens (including phenoxy) is 1. The lowest BCUT2D eigenvalue weighted by atomic mass is 9.80. The number of guanidine groups is 1. The van der Waals surface area contributed by atoms with E-state index in [-0.39, 0.29) is 12.5 Å². The second kappa shape index (κ2) is 8.39. The number of nitrogens with one attached hydrogen (secondary N) is 1. The maximum absolute atomic E-state index is 12.0. The summed E-state index contributed by atoms with van der Waals surface area (Å²) in [5, 5.41) is 3.69. The molecule has 1 aliphatic carbocycles. The largest absolute Gasteiger partial charge is 0.381 e. The molecular weight excluding hydrogens is 316 g/mol. The molecule has 2 saturated heterocycles. The summed E-state index contributed by atoms with van der Waals surface area (Å²) in [6.07, 6.45) is 9.88. The monoisotopic (exact) mass is 350 g/mol. The van der Waals surface area contributed by atoms with Gasteiger partial charge in [0.15, 0.2) is 5.96 Å². The molecule has 3 aliphatic rings. The van der Waals surface area contributed by atoms with E-state index in [2.05, 4.69) is 10.2 Å². The summed E-state index contributed by atoms with van der Waals surface area (Å²) in [6, 6.07) is 0.508. The summed E-state index contributed by atoms with van der Waals surface area (Å²) in [4.78, 5) is 20.7. The number of hydrogen-bond donors (Lipinski definition) is 1. The minimum atomic E-state index is 0.0583. The maximum atomic E-state index is 12.0. The van der Waals surface area contributed by atoms with E-state index in [4.69, 9.17) is 9.73 Å². The standard InChI is InChI=1S/C19H34N4O2/c1-22(2)17(24)14-20-18(21-16-6-4-3-5-7-16)23-11-8-19(15-23)9-12-25-13-10-19/h16H,3-15H2,1-2H3,(H,20,21). The van der Waals surface area contributed by atoms with Crippen LogP contribution < -0.4 is 5.32 Å². The first kappa shape index (κ1) is 18.5. The van der Waals surface area contributed by atoms with Crippen LogP contribution in [0.4, 0.5) is 0 Å². The summed E-state index contributed by atoms with van der Waals surface area (Å²) in [5.41, 5.74) is 0.388. The van der Waals surface area contributed by atoms with Crippen LogP contribution in [0.25, 0.3) is 0 Å². The van der Waals surface area contributed by atoms with Crippen LogP contribution in [0.15, 0.2) is 4.99 Å². The van der Waals surface area contributed by atoms with Crippen molar-refractivity contribution in [1.82, 2.24) is 15.1 Å². The van der Waals surface area contributed by atoms with Crippen LogP contribution in [0.5, 0.6) is 0 Å². The lowest BCUT2D eigenvalue weighted by molar-refractivity contribution is -0.127. The Morgan fingerprint density at radius 3 is 2.60 bits per heavy atom. The van der Waals surface area contributed by atoms with Gasteiger partial charge in [-0.3, -0.25) is 4.79 Å². The summed E-state index contributed by atoms with van der Waals surface area (Å²) < 4.78 is 5.56. The van der Waals surface area contributed by atoms with Gasteiger partial charge in [0, 0.05) is 46.4 Å². The van der Waals surface area contributed by atoms with Gasteiger partial charge in [0.05, 0.1) is 0 Å². The number of hydrogen-bond acceptors (Lipinski definition) is 3. The Hall–Kier alpha value is -1.30. The Balaban J connectivity index is 1.66. The summed E-state index contributed by atoms with van der Waals surface area (Å²) in [7, 11) is 3.58. The molecule has 0 unspecified atom stereocenters. The van der Waals surface area contributed by atoms with Crippen LogP contribution in [-0.2, 0) is 9.53 Å². The van der Waals surface area contributed by atoms with Gasteiger partial charge >= 0.3 is 0 Å². The molecule has 142 valence electrons. The fourth-order valence-corrected chi connectivity index (χ4v) is 4.28. The van der Waals surface area contributed by atoms with Gasteiger partial charge in [-0.2, -0.15) is 0 Å². The molecule has 2 aliphatic heterocycles. The molecule has 0 aromatic heterocycles. The first-order valence-electron chi connectivity index (χ1n) is 9.92. The van der Waals surface area contributed by atoms with Crippen LogP contribution in [0.2, 0.25) is 0 Å². The van der Waals surface area contributed by atoms with Crippen molar-refractivity contribution in [2.45, 2.75) is 57.4 Å². The third kappa shape index (κ3) is 4.87. The third-order valence-electron chi connectivity index (χ3n) is 6.09. The van der Waals surface area contributed by atoms with Crippen molar-refractivity contribution in [2.24, 2.45) is 10.4 Å². The number of amides is 1. The highest BCUT2D eigenvalue weighted by Crippen LogP contribution is 2.39. The molecule has 0 aromatic carbocycles. The Morgan fingerprint density at radius 2 is 1.92 bits per heavy atom. The smallest absolute Gasteiger partial charge is 0.243 e. The van der Waals surface area contributed by atoms with Crippen molar-refractivity contribution < 1.29 is 9.53 Å². The molecule has 3 fully saturated rings. The summed E-state index contributed by atoms with van der Waals surface area (Å²) in [6.45, 7) is 4.08. The van der Waals surface area contributed by atoms with Gasteiger partial charge in [0.1, 0.15) is 6.54 Å². The number of rotatable bonds is 3. The number of likely N-dealkylation sites (tertiary alicyclic amines) is 1. The molecule has 25 heavy (non-hydrogen) atoms. The fourth-order valence-electron chi connectivity index (χ4n) is 4.28. The molecule has 6 heteroatoms. The van der Waals surface area contributed by atoms with E-state index >= 15 is 0 Å². The Bertz CT molecular complexity index is 480. The Labute approximate surface area is 152 Å². The van der Waals surface area contributed by atoms with Crippen molar-refractivity contribution in [3.8, 4) is 0 Å². The number of nitrogens with zero attached hydrogens (tertiary/aromatic N) is 3. The van der Waals surface area contributed by atoms with E-state index < -0.39 is 0 Å². The zero-order valence-electron chi connectivity index (χ0n) is 15.9. The third-order valence-corrected chi connectivity index (χ3v) is 6.09. The van der Waals surface area contributed by atoms with Gasteiger partial charge in [-0.15, -0.1) is 0 Å². The highest BCUT2D eigenvalue weighted by atomic mass is 16.5. The van der Waals surface area contributed by atoms with E-state index in [1.165, 1.54) is 38.5 Å². The molecule has 1 spiro atoms. The first-order chi connectivity index (χ1) is 12.1. The van der Waals surface area contributed by atoms with E-state index in [9.17, 15) is 4.79 Å². The number of carbonyl (C=O) groups is 1. The first-order valence-corrected chi connectivity index (χ1v) is 9.92. The van der Waals surface area contributed by atoms with Gasteiger partial charge in [0.2, 0.25) is 5.91 Å². The average molecular weight is 351 g/mol. The zero-order valence-corrected chi connectivity index (χ0v) is 15.9. The zero-order chi connectivity index (χ0) is 17.7. The molecule has 0 aromatic rings. The van der Waals surface area contributed by atoms with E-state index in [1.54, 1.807) is 19.0 Å². The highest BCUT2D eigenvalue weighted by molar-refractivity contribution is 5.85. The molecule has 1 saturated carbocycles. The minimum Gasteiger partial charge on any atom is -0.381 e. The molecule has 1 N–H and O–H groups in total. The second-order valence-electron chi connectivity index (χ2n) is 8.19. The number of likely N-dealkylation sites (N-methyl/N-ethyl adjacent to an activating group) is 1. The number of carbonyl (C=O) groups excluding carboxylic acids is 1. The quantitative estimate of drug-likeness (QED) is 0.623. The predicted octanol–water partition coefficient (Wildman–Crippen LogP) is 1.86. The number of aliphatic imine (C=N–C) groups is 1. The predicted molar refractivity (Wildman–Crippen MR) is 99.7 cm³/mol. The topological polar surface area (TPSA) is 57.2 Å². The van der Waals surface area contributed by atoms with Crippen molar-refractivity contribution in [3.05, 3.63) is 0 Å². The second-order valence-corrected chi connectivity index (χ2v) is 8.19. The Kier molecular flexibility index (Phi) is 6.20. The van der Waals surface area contributed by atoms with Crippen molar-refractivity contribution in [2.75, 3.05) is 46.9 Å². The molecule has 2 heterocycles. The van der Waals surface area contributed by atoms with E-state index in [1.807, 2.05) is 0 Å². The Morgan fingerprint density at radius 1 is 1.20 bits per heavy atom. The molecule has 0 bridgehead atoms. The van der Waals surface area contributed by atoms with Crippen LogP contribution in [0.3, 0.4) is 0 Å². The van der Waals surface area contributed by atoms with E-state index in [0.29, 0.717) is 11.5 Å². The lowest BCUT2D eigenvalue weighted by Crippen LogP contribution is -2.47. The fraction of sp³-hybridized carbons (Fsp3) is 0.895. The van der Waals surface area contributed by atoms with Gasteiger partial charge in [-0.25, -0.2) is 4.99 Å². The summed E-state index contributed by atoms with van der Waals surface area (Å²) in [5.74, 6) is 1.01. The minimum absolute atomic E-state index is 0.0583. The van der Waals surface area contributed by atoms with Crippen LogP contribution >= 0.6 is 0 Å². The SMILES string of the molecule is CN(C)C(=O)CN=C(NC1CCCCC1)N1CCC2(CCOCC2)C1.